The van der Waals surface area contributed by atoms with Gasteiger partial charge in [0.05, 0.1) is 21.6 Å². The molecule has 3 N–H and O–H groups in total. The van der Waals surface area contributed by atoms with E-state index in [1.54, 1.807) is 17.8 Å². The number of nitrogens with one attached hydrogen (secondary N) is 1. The SMILES string of the molecule is CSCCC(C=O)NC(=O)c1cc2c(-c3ccc(C)cc3Cl)nc(N)nc2s1. The summed E-state index contributed by atoms with van der Waals surface area (Å²) in [6, 6.07) is 6.86. The molecule has 0 saturated carbocycles. The van der Waals surface area contributed by atoms with E-state index in [2.05, 4.69) is 15.3 Å². The van der Waals surface area contributed by atoms with Gasteiger partial charge in [0.25, 0.3) is 5.91 Å². The second-order valence-corrected chi connectivity index (χ2v) is 8.66. The third-order valence-electron chi connectivity index (χ3n) is 4.13. The molecule has 0 bridgehead atoms. The molecule has 0 radical (unpaired) electrons. The van der Waals surface area contributed by atoms with Gasteiger partial charge in [0.1, 0.15) is 11.1 Å². The lowest BCUT2D eigenvalue weighted by Crippen LogP contribution is -2.36. The molecule has 0 saturated heterocycles. The van der Waals surface area contributed by atoms with Crippen LogP contribution in [0.4, 0.5) is 5.95 Å². The van der Waals surface area contributed by atoms with Gasteiger partial charge in [0.15, 0.2) is 0 Å². The van der Waals surface area contributed by atoms with Gasteiger partial charge in [0, 0.05) is 10.9 Å². The number of carbonyl (C=O) groups is 2. The first kappa shape index (κ1) is 20.6. The minimum Gasteiger partial charge on any atom is -0.368 e. The van der Waals surface area contributed by atoms with E-state index in [0.29, 0.717) is 32.2 Å². The van der Waals surface area contributed by atoms with Crippen LogP contribution >= 0.6 is 34.7 Å². The summed E-state index contributed by atoms with van der Waals surface area (Å²) >= 11 is 9.23. The third kappa shape index (κ3) is 4.45. The summed E-state index contributed by atoms with van der Waals surface area (Å²) in [5.74, 6) is 0.577. The number of nitrogen functional groups attached to an aromatic ring is 1. The van der Waals surface area contributed by atoms with E-state index in [1.807, 2.05) is 31.4 Å². The molecule has 3 aromatic rings. The van der Waals surface area contributed by atoms with Crippen LogP contribution in [0, 0.1) is 6.92 Å². The number of thiophene rings is 1. The lowest BCUT2D eigenvalue weighted by molar-refractivity contribution is -0.109. The number of hydrogen-bond acceptors (Lipinski definition) is 7. The Balaban J connectivity index is 1.99. The highest BCUT2D eigenvalue weighted by molar-refractivity contribution is 7.98. The van der Waals surface area contributed by atoms with Crippen LogP contribution in [0.3, 0.4) is 0 Å². The lowest BCUT2D eigenvalue weighted by atomic mass is 10.1. The number of anilines is 1. The van der Waals surface area contributed by atoms with Crippen molar-refractivity contribution in [3.05, 3.63) is 39.7 Å². The van der Waals surface area contributed by atoms with E-state index in [0.717, 1.165) is 23.2 Å². The minimum atomic E-state index is -0.521. The normalized spacial score (nSPS) is 12.1. The topological polar surface area (TPSA) is 98.0 Å². The number of aromatic nitrogens is 2. The van der Waals surface area contributed by atoms with E-state index in [9.17, 15) is 9.59 Å². The zero-order valence-corrected chi connectivity index (χ0v) is 17.7. The fraction of sp³-hybridized carbons (Fsp3) is 0.263. The number of aldehydes is 1. The first-order valence-corrected chi connectivity index (χ1v) is 11.1. The fourth-order valence-corrected chi connectivity index (χ4v) is 4.48. The number of thioether (sulfide) groups is 1. The van der Waals surface area contributed by atoms with Crippen LogP contribution in [-0.4, -0.2) is 40.2 Å². The van der Waals surface area contributed by atoms with E-state index < -0.39 is 6.04 Å². The molecule has 0 aliphatic heterocycles. The maximum atomic E-state index is 12.6. The van der Waals surface area contributed by atoms with Crippen molar-refractivity contribution in [2.75, 3.05) is 17.7 Å². The van der Waals surface area contributed by atoms with Crippen molar-refractivity contribution < 1.29 is 9.59 Å². The van der Waals surface area contributed by atoms with Crippen molar-refractivity contribution in [3.8, 4) is 11.3 Å². The molecular formula is C19H19ClN4O2S2. The van der Waals surface area contributed by atoms with Crippen LogP contribution in [0.15, 0.2) is 24.3 Å². The van der Waals surface area contributed by atoms with E-state index in [-0.39, 0.29) is 11.9 Å². The maximum Gasteiger partial charge on any atom is 0.262 e. The molecule has 9 heteroatoms. The first-order valence-electron chi connectivity index (χ1n) is 8.51. The molecular weight excluding hydrogens is 416 g/mol. The van der Waals surface area contributed by atoms with Crippen LogP contribution < -0.4 is 11.1 Å². The summed E-state index contributed by atoms with van der Waals surface area (Å²) in [5, 5.41) is 4.00. The van der Waals surface area contributed by atoms with Gasteiger partial charge >= 0.3 is 0 Å². The average Bonchev–Trinajstić information content (AvgIpc) is 3.08. The van der Waals surface area contributed by atoms with E-state index in [1.165, 1.54) is 11.3 Å². The van der Waals surface area contributed by atoms with Crippen molar-refractivity contribution in [1.82, 2.24) is 15.3 Å². The quantitative estimate of drug-likeness (QED) is 0.546. The number of fused-ring (bicyclic) bond motifs is 1. The molecule has 1 aromatic carbocycles. The second kappa shape index (κ2) is 8.89. The van der Waals surface area contributed by atoms with Gasteiger partial charge in [-0.1, -0.05) is 23.7 Å². The molecule has 3 rings (SSSR count). The van der Waals surface area contributed by atoms with Crippen molar-refractivity contribution in [2.24, 2.45) is 0 Å². The number of rotatable bonds is 7. The Morgan fingerprint density at radius 3 is 2.86 bits per heavy atom. The van der Waals surface area contributed by atoms with E-state index >= 15 is 0 Å². The Morgan fingerprint density at radius 2 is 2.18 bits per heavy atom. The fourth-order valence-electron chi connectivity index (χ4n) is 2.73. The highest BCUT2D eigenvalue weighted by atomic mass is 35.5. The number of nitrogens with two attached hydrogens (primary N) is 1. The molecule has 1 unspecified atom stereocenters. The first-order chi connectivity index (χ1) is 13.4. The largest absolute Gasteiger partial charge is 0.368 e. The number of halogens is 1. The zero-order chi connectivity index (χ0) is 20.3. The van der Waals surface area contributed by atoms with Gasteiger partial charge < -0.3 is 15.8 Å². The second-order valence-electron chi connectivity index (χ2n) is 6.24. The van der Waals surface area contributed by atoms with Crippen LogP contribution in [0.1, 0.15) is 21.7 Å². The van der Waals surface area contributed by atoms with Gasteiger partial charge in [0.2, 0.25) is 5.95 Å². The monoisotopic (exact) mass is 434 g/mol. The molecule has 0 aliphatic rings. The number of hydrogen-bond donors (Lipinski definition) is 2. The average molecular weight is 435 g/mol. The maximum absolute atomic E-state index is 12.6. The summed E-state index contributed by atoms with van der Waals surface area (Å²) in [6.45, 7) is 1.95. The standard InChI is InChI=1S/C19H19ClN4O2S2/c1-10-3-4-12(14(20)7-10)16-13-8-15(28-18(13)24-19(21)23-16)17(26)22-11(9-25)5-6-27-2/h3-4,7-9,11H,5-6H2,1-2H3,(H,22,26)(H2,21,23,24). The molecule has 28 heavy (non-hydrogen) atoms. The van der Waals surface area contributed by atoms with E-state index in [4.69, 9.17) is 17.3 Å². The summed E-state index contributed by atoms with van der Waals surface area (Å²) in [6.07, 6.45) is 3.30. The molecule has 0 fully saturated rings. The Morgan fingerprint density at radius 1 is 1.39 bits per heavy atom. The number of carbonyl (C=O) groups excluding carboxylic acids is 2. The van der Waals surface area contributed by atoms with Crippen molar-refractivity contribution in [2.45, 2.75) is 19.4 Å². The predicted octanol–water partition coefficient (Wildman–Crippen LogP) is 3.95. The van der Waals surface area contributed by atoms with Gasteiger partial charge in [-0.25, -0.2) is 9.97 Å². The summed E-state index contributed by atoms with van der Waals surface area (Å²) in [4.78, 5) is 33.5. The molecule has 0 spiro atoms. The van der Waals surface area contributed by atoms with Crippen molar-refractivity contribution in [1.29, 1.82) is 0 Å². The molecule has 1 amide bonds. The summed E-state index contributed by atoms with van der Waals surface area (Å²) < 4.78 is 0. The summed E-state index contributed by atoms with van der Waals surface area (Å²) in [5.41, 5.74) is 8.21. The number of amides is 1. The predicted molar refractivity (Wildman–Crippen MR) is 117 cm³/mol. The smallest absolute Gasteiger partial charge is 0.262 e. The molecule has 146 valence electrons. The van der Waals surface area contributed by atoms with Gasteiger partial charge in [-0.2, -0.15) is 11.8 Å². The highest BCUT2D eigenvalue weighted by Gasteiger charge is 2.19. The molecule has 1 atom stereocenters. The van der Waals surface area contributed by atoms with Crippen LogP contribution in [0.2, 0.25) is 5.02 Å². The number of nitrogens with zero attached hydrogens (tertiary/aromatic N) is 2. The zero-order valence-electron chi connectivity index (χ0n) is 15.4. The Kier molecular flexibility index (Phi) is 6.53. The van der Waals surface area contributed by atoms with Gasteiger partial charge in [-0.15, -0.1) is 11.3 Å². The van der Waals surface area contributed by atoms with Gasteiger partial charge in [-0.05, 0) is 43.0 Å². The molecule has 6 nitrogen and oxygen atoms in total. The van der Waals surface area contributed by atoms with Crippen LogP contribution in [0.25, 0.3) is 21.5 Å². The van der Waals surface area contributed by atoms with Crippen molar-refractivity contribution in [3.63, 3.8) is 0 Å². The molecule has 2 aromatic heterocycles. The van der Waals surface area contributed by atoms with Crippen molar-refractivity contribution >= 4 is 63.1 Å². The Hall–Kier alpha value is -2.16. The van der Waals surface area contributed by atoms with Gasteiger partial charge in [-0.3, -0.25) is 4.79 Å². The molecule has 0 aliphatic carbocycles. The third-order valence-corrected chi connectivity index (χ3v) is 6.11. The Bertz CT molecular complexity index is 1040. The molecule has 2 heterocycles. The lowest BCUT2D eigenvalue weighted by Gasteiger charge is -2.10. The number of aryl methyl sites for hydroxylation is 1. The Labute approximate surface area is 175 Å². The summed E-state index contributed by atoms with van der Waals surface area (Å²) in [7, 11) is 0. The minimum absolute atomic E-state index is 0.110. The number of benzene rings is 1. The van der Waals surface area contributed by atoms with Crippen LogP contribution in [-0.2, 0) is 4.79 Å². The highest BCUT2D eigenvalue weighted by Crippen LogP contribution is 2.36. The van der Waals surface area contributed by atoms with Crippen LogP contribution in [0.5, 0.6) is 0 Å².